The zero-order chi connectivity index (χ0) is 20.5. The second kappa shape index (κ2) is 7.99. The fraction of sp³-hybridized carbons (Fsp3) is 0.500. The van der Waals surface area contributed by atoms with Gasteiger partial charge in [0.25, 0.3) is 11.8 Å². The lowest BCUT2D eigenvalue weighted by atomic mass is 9.97. The number of piperidine rings is 1. The van der Waals surface area contributed by atoms with E-state index in [4.69, 9.17) is 0 Å². The number of carbonyl (C=O) groups excluding carboxylic acids is 2. The maximum atomic E-state index is 13.7. The zero-order valence-electron chi connectivity index (χ0n) is 17.0. The number of β-amino-alcohol motifs (C(OH)–C–C–N with tert-alkyl or cyclic N) is 1. The minimum atomic E-state index is -0.721. The van der Waals surface area contributed by atoms with Gasteiger partial charge < -0.3 is 19.5 Å². The van der Waals surface area contributed by atoms with Crippen LogP contribution in [0.25, 0.3) is 0 Å². The lowest BCUT2D eigenvalue weighted by Gasteiger charge is -2.40. The standard InChI is InChI=1S/C22H28N4O3/c1-15(2)26-14-23-18-10-12-25(21(28)16-7-4-3-5-8-16)20(19(18)26)22(29)24-11-6-9-17(27)13-24/h3-5,7-8,14-15,17,20,27H,6,9-13H2,1-2H3/t17-,20+/m1/s1. The molecule has 2 atom stereocenters. The summed E-state index contributed by atoms with van der Waals surface area (Å²) in [6, 6.07) is 8.50. The summed E-state index contributed by atoms with van der Waals surface area (Å²) >= 11 is 0. The molecule has 0 unspecified atom stereocenters. The summed E-state index contributed by atoms with van der Waals surface area (Å²) in [6.45, 7) is 5.46. The van der Waals surface area contributed by atoms with Crippen molar-refractivity contribution in [3.63, 3.8) is 0 Å². The minimum absolute atomic E-state index is 0.125. The van der Waals surface area contributed by atoms with E-state index in [9.17, 15) is 14.7 Å². The van der Waals surface area contributed by atoms with Crippen LogP contribution in [0.2, 0.25) is 0 Å². The van der Waals surface area contributed by atoms with Gasteiger partial charge in [-0.2, -0.15) is 0 Å². The highest BCUT2D eigenvalue weighted by Gasteiger charge is 2.42. The summed E-state index contributed by atoms with van der Waals surface area (Å²) in [5, 5.41) is 10.1. The quantitative estimate of drug-likeness (QED) is 0.863. The van der Waals surface area contributed by atoms with E-state index in [-0.39, 0.29) is 17.9 Å². The van der Waals surface area contributed by atoms with Crippen molar-refractivity contribution in [3.05, 3.63) is 53.6 Å². The number of aliphatic hydroxyl groups excluding tert-OH is 1. The molecule has 1 N–H and O–H groups in total. The monoisotopic (exact) mass is 396 g/mol. The fourth-order valence-corrected chi connectivity index (χ4v) is 4.36. The summed E-state index contributed by atoms with van der Waals surface area (Å²) in [5.41, 5.74) is 2.26. The van der Waals surface area contributed by atoms with Crippen molar-refractivity contribution < 1.29 is 14.7 Å². The van der Waals surface area contributed by atoms with E-state index >= 15 is 0 Å². The first-order valence-corrected chi connectivity index (χ1v) is 10.4. The molecular weight excluding hydrogens is 368 g/mol. The Bertz CT molecular complexity index is 893. The average Bonchev–Trinajstić information content (AvgIpc) is 3.17. The van der Waals surface area contributed by atoms with Crippen LogP contribution in [0.4, 0.5) is 0 Å². The molecule has 7 nitrogen and oxygen atoms in total. The molecule has 3 heterocycles. The number of nitrogens with zero attached hydrogens (tertiary/aromatic N) is 4. The Morgan fingerprint density at radius 2 is 1.93 bits per heavy atom. The maximum absolute atomic E-state index is 13.7. The number of benzene rings is 1. The first-order valence-electron chi connectivity index (χ1n) is 10.4. The number of imidazole rings is 1. The van der Waals surface area contributed by atoms with E-state index in [0.29, 0.717) is 38.0 Å². The Morgan fingerprint density at radius 3 is 2.62 bits per heavy atom. The van der Waals surface area contributed by atoms with Gasteiger partial charge in [-0.05, 0) is 38.8 Å². The maximum Gasteiger partial charge on any atom is 0.254 e. The van der Waals surface area contributed by atoms with Gasteiger partial charge in [0.15, 0.2) is 6.04 Å². The van der Waals surface area contributed by atoms with Gasteiger partial charge in [0.05, 0.1) is 23.8 Å². The van der Waals surface area contributed by atoms with Crippen LogP contribution in [0.15, 0.2) is 36.7 Å². The van der Waals surface area contributed by atoms with Crippen molar-refractivity contribution in [2.45, 2.75) is 51.3 Å². The molecule has 1 saturated heterocycles. The average molecular weight is 396 g/mol. The van der Waals surface area contributed by atoms with Gasteiger partial charge in [0.1, 0.15) is 0 Å². The van der Waals surface area contributed by atoms with E-state index in [2.05, 4.69) is 4.98 Å². The highest BCUT2D eigenvalue weighted by atomic mass is 16.3. The van der Waals surface area contributed by atoms with Gasteiger partial charge in [-0.1, -0.05) is 18.2 Å². The van der Waals surface area contributed by atoms with Crippen LogP contribution >= 0.6 is 0 Å². The van der Waals surface area contributed by atoms with Crippen molar-refractivity contribution >= 4 is 11.8 Å². The molecule has 4 rings (SSSR count). The molecule has 1 aromatic carbocycles. The van der Waals surface area contributed by atoms with E-state index in [1.807, 2.05) is 36.6 Å². The van der Waals surface area contributed by atoms with Crippen LogP contribution in [-0.2, 0) is 11.2 Å². The minimum Gasteiger partial charge on any atom is -0.391 e. The van der Waals surface area contributed by atoms with Crippen LogP contribution < -0.4 is 0 Å². The van der Waals surface area contributed by atoms with Crippen LogP contribution in [0.1, 0.15) is 60.5 Å². The molecule has 2 amide bonds. The van der Waals surface area contributed by atoms with E-state index in [1.54, 1.807) is 28.3 Å². The van der Waals surface area contributed by atoms with Gasteiger partial charge in [-0.15, -0.1) is 0 Å². The van der Waals surface area contributed by atoms with E-state index in [0.717, 1.165) is 17.8 Å². The van der Waals surface area contributed by atoms with Crippen LogP contribution in [0.3, 0.4) is 0 Å². The van der Waals surface area contributed by atoms with E-state index in [1.165, 1.54) is 0 Å². The third-order valence-corrected chi connectivity index (χ3v) is 5.85. The first kappa shape index (κ1) is 19.6. The number of fused-ring (bicyclic) bond motifs is 1. The SMILES string of the molecule is CC(C)n1cnc2c1[C@@H](C(=O)N1CCC[C@@H](O)C1)N(C(=O)c1ccccc1)CC2. The van der Waals surface area contributed by atoms with Gasteiger partial charge in [0, 0.05) is 37.7 Å². The van der Waals surface area contributed by atoms with Crippen molar-refractivity contribution in [3.8, 4) is 0 Å². The molecule has 1 fully saturated rings. The number of carbonyl (C=O) groups is 2. The molecule has 7 heteroatoms. The summed E-state index contributed by atoms with van der Waals surface area (Å²) in [5.74, 6) is -0.278. The Balaban J connectivity index is 1.75. The summed E-state index contributed by atoms with van der Waals surface area (Å²) in [4.78, 5) is 34.9. The van der Waals surface area contributed by atoms with Gasteiger partial charge in [-0.25, -0.2) is 4.98 Å². The molecular formula is C22H28N4O3. The molecule has 154 valence electrons. The van der Waals surface area contributed by atoms with E-state index < -0.39 is 12.1 Å². The van der Waals surface area contributed by atoms with Crippen LogP contribution in [0.5, 0.6) is 0 Å². The van der Waals surface area contributed by atoms with Gasteiger partial charge in [0.2, 0.25) is 0 Å². The molecule has 2 aliphatic rings. The molecule has 0 bridgehead atoms. The zero-order valence-corrected chi connectivity index (χ0v) is 17.0. The Hall–Kier alpha value is -2.67. The van der Waals surface area contributed by atoms with Gasteiger partial charge in [-0.3, -0.25) is 9.59 Å². The van der Waals surface area contributed by atoms with Gasteiger partial charge >= 0.3 is 0 Å². The predicted molar refractivity (Wildman–Crippen MR) is 108 cm³/mol. The molecule has 2 aliphatic heterocycles. The fourth-order valence-electron chi connectivity index (χ4n) is 4.36. The van der Waals surface area contributed by atoms with Crippen molar-refractivity contribution in [1.82, 2.24) is 19.4 Å². The largest absolute Gasteiger partial charge is 0.391 e. The molecule has 29 heavy (non-hydrogen) atoms. The molecule has 1 aromatic heterocycles. The Kier molecular flexibility index (Phi) is 5.41. The first-order chi connectivity index (χ1) is 14.0. The predicted octanol–water partition coefficient (Wildman–Crippen LogP) is 2.19. The Morgan fingerprint density at radius 1 is 1.17 bits per heavy atom. The molecule has 0 spiro atoms. The molecule has 0 saturated carbocycles. The topological polar surface area (TPSA) is 78.7 Å². The van der Waals surface area contributed by atoms with Crippen LogP contribution in [-0.4, -0.2) is 62.0 Å². The Labute approximate surface area is 170 Å². The molecule has 2 aromatic rings. The van der Waals surface area contributed by atoms with Crippen LogP contribution in [0, 0.1) is 0 Å². The number of aromatic nitrogens is 2. The smallest absolute Gasteiger partial charge is 0.254 e. The third kappa shape index (κ3) is 3.67. The summed E-state index contributed by atoms with van der Waals surface area (Å²) in [6.07, 6.45) is 3.36. The molecule has 0 radical (unpaired) electrons. The number of likely N-dealkylation sites (tertiary alicyclic amines) is 1. The highest BCUT2D eigenvalue weighted by Crippen LogP contribution is 2.34. The van der Waals surface area contributed by atoms with Crippen molar-refractivity contribution in [2.75, 3.05) is 19.6 Å². The normalized spacial score (nSPS) is 21.9. The van der Waals surface area contributed by atoms with Crippen molar-refractivity contribution in [2.24, 2.45) is 0 Å². The number of hydrogen-bond acceptors (Lipinski definition) is 4. The number of hydrogen-bond donors (Lipinski definition) is 1. The summed E-state index contributed by atoms with van der Waals surface area (Å²) in [7, 11) is 0. The second-order valence-corrected chi connectivity index (χ2v) is 8.17. The molecule has 0 aliphatic carbocycles. The second-order valence-electron chi connectivity index (χ2n) is 8.17. The lowest BCUT2D eigenvalue weighted by molar-refractivity contribution is -0.140. The number of rotatable bonds is 3. The number of amides is 2. The lowest BCUT2D eigenvalue weighted by Crippen LogP contribution is -2.52. The number of aliphatic hydroxyl groups is 1. The summed E-state index contributed by atoms with van der Waals surface area (Å²) < 4.78 is 2.00. The highest BCUT2D eigenvalue weighted by molar-refractivity contribution is 5.98. The third-order valence-electron chi connectivity index (χ3n) is 5.85. The van der Waals surface area contributed by atoms with Crippen molar-refractivity contribution in [1.29, 1.82) is 0 Å².